The van der Waals surface area contributed by atoms with Crippen molar-refractivity contribution >= 4 is 37.2 Å². The highest BCUT2D eigenvalue weighted by molar-refractivity contribution is 5.86. The van der Waals surface area contributed by atoms with Crippen LogP contribution in [0.4, 0.5) is 0 Å². The standard InChI is InChI=1S/C18H25N3.3ClH/c1-3-7-17(8-4-1)15-20-13-11-19-12-14-21-16-18-9-5-2-6-10-18;;;/h1-10,19-21H,11-16H2;3*1H. The van der Waals surface area contributed by atoms with Crippen LogP contribution >= 0.6 is 37.2 Å². The summed E-state index contributed by atoms with van der Waals surface area (Å²) < 4.78 is 0. The van der Waals surface area contributed by atoms with Crippen molar-refractivity contribution in [2.45, 2.75) is 13.1 Å². The quantitative estimate of drug-likeness (QED) is 0.542. The lowest BCUT2D eigenvalue weighted by Crippen LogP contribution is -2.32. The van der Waals surface area contributed by atoms with Crippen LogP contribution in [0.5, 0.6) is 0 Å². The second-order valence-electron chi connectivity index (χ2n) is 5.07. The lowest BCUT2D eigenvalue weighted by atomic mass is 10.2. The van der Waals surface area contributed by atoms with E-state index in [0.29, 0.717) is 0 Å². The molecule has 0 amide bonds. The highest BCUT2D eigenvalue weighted by atomic mass is 35.5. The Kier molecular flexibility index (Phi) is 18.0. The Balaban J connectivity index is 0. The number of rotatable bonds is 10. The minimum atomic E-state index is 0. The zero-order valence-corrected chi connectivity index (χ0v) is 16.2. The molecule has 0 unspecified atom stereocenters. The second-order valence-corrected chi connectivity index (χ2v) is 5.07. The zero-order chi connectivity index (χ0) is 14.6. The van der Waals surface area contributed by atoms with E-state index in [1.165, 1.54) is 11.1 Å². The first-order chi connectivity index (χ1) is 10.4. The SMILES string of the molecule is Cl.Cl.Cl.c1ccc(CNCCNCCNCc2ccccc2)cc1. The second kappa shape index (κ2) is 17.0. The lowest BCUT2D eigenvalue weighted by molar-refractivity contribution is 0.581. The minimum Gasteiger partial charge on any atom is -0.314 e. The summed E-state index contributed by atoms with van der Waals surface area (Å²) in [7, 11) is 0. The maximum atomic E-state index is 3.44. The van der Waals surface area contributed by atoms with Gasteiger partial charge in [0.25, 0.3) is 0 Å². The van der Waals surface area contributed by atoms with Crippen molar-refractivity contribution < 1.29 is 0 Å². The van der Waals surface area contributed by atoms with Gasteiger partial charge in [-0.15, -0.1) is 37.2 Å². The van der Waals surface area contributed by atoms with Crippen molar-refractivity contribution in [1.82, 2.24) is 16.0 Å². The van der Waals surface area contributed by atoms with Crippen molar-refractivity contribution in [3.05, 3.63) is 71.8 Å². The van der Waals surface area contributed by atoms with Crippen LogP contribution in [0.2, 0.25) is 0 Å². The smallest absolute Gasteiger partial charge is 0.0206 e. The Labute approximate surface area is 164 Å². The summed E-state index contributed by atoms with van der Waals surface area (Å²) in [4.78, 5) is 0. The Morgan fingerprint density at radius 2 is 0.792 bits per heavy atom. The number of hydrogen-bond acceptors (Lipinski definition) is 3. The van der Waals surface area contributed by atoms with E-state index in [1.54, 1.807) is 0 Å². The Morgan fingerprint density at radius 1 is 0.458 bits per heavy atom. The van der Waals surface area contributed by atoms with Crippen molar-refractivity contribution in [2.24, 2.45) is 0 Å². The summed E-state index contributed by atoms with van der Waals surface area (Å²) in [5.74, 6) is 0. The molecule has 2 aromatic carbocycles. The van der Waals surface area contributed by atoms with E-state index in [4.69, 9.17) is 0 Å². The first kappa shape index (κ1) is 25.4. The fraction of sp³-hybridized carbons (Fsp3) is 0.333. The van der Waals surface area contributed by atoms with Crippen molar-refractivity contribution in [3.8, 4) is 0 Å². The molecule has 136 valence electrons. The lowest BCUT2D eigenvalue weighted by Gasteiger charge is -2.08. The highest BCUT2D eigenvalue weighted by Crippen LogP contribution is 1.97. The van der Waals surface area contributed by atoms with Crippen molar-refractivity contribution in [2.75, 3.05) is 26.2 Å². The monoisotopic (exact) mass is 391 g/mol. The van der Waals surface area contributed by atoms with Gasteiger partial charge in [-0.05, 0) is 11.1 Å². The Hall–Kier alpha value is -0.810. The molecule has 0 spiro atoms. The first-order valence-electron chi connectivity index (χ1n) is 7.65. The number of benzene rings is 2. The molecule has 0 bridgehead atoms. The van der Waals surface area contributed by atoms with Crippen LogP contribution in [0.15, 0.2) is 60.7 Å². The zero-order valence-electron chi connectivity index (χ0n) is 13.7. The molecule has 0 aliphatic heterocycles. The van der Waals surface area contributed by atoms with Crippen LogP contribution < -0.4 is 16.0 Å². The predicted octanol–water partition coefficient (Wildman–Crippen LogP) is 3.42. The molecule has 0 atom stereocenters. The molecule has 2 rings (SSSR count). The topological polar surface area (TPSA) is 36.1 Å². The van der Waals surface area contributed by atoms with Gasteiger partial charge >= 0.3 is 0 Å². The van der Waals surface area contributed by atoms with Crippen LogP contribution in [0.3, 0.4) is 0 Å². The average molecular weight is 393 g/mol. The third kappa shape index (κ3) is 11.7. The van der Waals surface area contributed by atoms with Crippen LogP contribution in [0.1, 0.15) is 11.1 Å². The number of halogens is 3. The molecule has 0 aliphatic carbocycles. The molecule has 0 aromatic heterocycles. The maximum absolute atomic E-state index is 3.44. The third-order valence-corrected chi connectivity index (χ3v) is 3.30. The molecule has 0 heterocycles. The van der Waals surface area contributed by atoms with Gasteiger partial charge < -0.3 is 16.0 Å². The highest BCUT2D eigenvalue weighted by Gasteiger charge is 1.92. The van der Waals surface area contributed by atoms with E-state index >= 15 is 0 Å². The Morgan fingerprint density at radius 3 is 1.17 bits per heavy atom. The average Bonchev–Trinajstić information content (AvgIpc) is 2.55. The van der Waals surface area contributed by atoms with Crippen molar-refractivity contribution in [1.29, 1.82) is 0 Å². The minimum absolute atomic E-state index is 0. The summed E-state index contributed by atoms with van der Waals surface area (Å²) in [5.41, 5.74) is 2.67. The molecule has 0 fully saturated rings. The van der Waals surface area contributed by atoms with Gasteiger partial charge in [0.05, 0.1) is 0 Å². The molecule has 3 nitrogen and oxygen atoms in total. The van der Waals surface area contributed by atoms with Gasteiger partial charge in [0.2, 0.25) is 0 Å². The summed E-state index contributed by atoms with van der Waals surface area (Å²) in [6.45, 7) is 5.87. The van der Waals surface area contributed by atoms with Gasteiger partial charge in [-0.2, -0.15) is 0 Å². The van der Waals surface area contributed by atoms with Gasteiger partial charge in [0.1, 0.15) is 0 Å². The number of hydrogen-bond donors (Lipinski definition) is 3. The molecule has 3 N–H and O–H groups in total. The van der Waals surface area contributed by atoms with E-state index in [1.807, 2.05) is 12.1 Å². The van der Waals surface area contributed by atoms with E-state index in [0.717, 1.165) is 39.3 Å². The van der Waals surface area contributed by atoms with Crippen molar-refractivity contribution in [3.63, 3.8) is 0 Å². The molecule has 0 saturated carbocycles. The van der Waals surface area contributed by atoms with Gasteiger partial charge in [-0.3, -0.25) is 0 Å². The van der Waals surface area contributed by atoms with E-state index in [-0.39, 0.29) is 37.2 Å². The fourth-order valence-electron chi connectivity index (χ4n) is 2.14. The molecular formula is C18H28Cl3N3. The molecule has 24 heavy (non-hydrogen) atoms. The van der Waals surface area contributed by atoms with E-state index < -0.39 is 0 Å². The molecule has 6 heteroatoms. The van der Waals surface area contributed by atoms with E-state index in [2.05, 4.69) is 64.5 Å². The van der Waals surface area contributed by atoms with Gasteiger partial charge in [-0.1, -0.05) is 60.7 Å². The summed E-state index contributed by atoms with van der Waals surface area (Å²) >= 11 is 0. The van der Waals surface area contributed by atoms with Gasteiger partial charge in [-0.25, -0.2) is 0 Å². The van der Waals surface area contributed by atoms with Gasteiger partial charge in [0.15, 0.2) is 0 Å². The molecule has 0 aliphatic rings. The summed E-state index contributed by atoms with van der Waals surface area (Å²) in [5, 5.41) is 10.3. The first-order valence-corrected chi connectivity index (χ1v) is 7.65. The summed E-state index contributed by atoms with van der Waals surface area (Å²) in [6.07, 6.45) is 0. The van der Waals surface area contributed by atoms with Crippen LogP contribution in [0, 0.1) is 0 Å². The molecular weight excluding hydrogens is 365 g/mol. The predicted molar refractivity (Wildman–Crippen MR) is 111 cm³/mol. The van der Waals surface area contributed by atoms with Crippen LogP contribution in [-0.4, -0.2) is 26.2 Å². The third-order valence-electron chi connectivity index (χ3n) is 3.30. The number of nitrogens with one attached hydrogen (secondary N) is 3. The normalized spacial score (nSPS) is 9.33. The summed E-state index contributed by atoms with van der Waals surface area (Å²) in [6, 6.07) is 21.0. The largest absolute Gasteiger partial charge is 0.314 e. The molecule has 2 aromatic rings. The maximum Gasteiger partial charge on any atom is 0.0206 e. The van der Waals surface area contributed by atoms with Gasteiger partial charge in [0, 0.05) is 39.3 Å². The Bertz CT molecular complexity index is 438. The van der Waals surface area contributed by atoms with Crippen LogP contribution in [-0.2, 0) is 13.1 Å². The van der Waals surface area contributed by atoms with E-state index in [9.17, 15) is 0 Å². The molecule has 0 saturated heterocycles. The molecule has 0 radical (unpaired) electrons. The fourth-order valence-corrected chi connectivity index (χ4v) is 2.14. The van der Waals surface area contributed by atoms with Crippen LogP contribution in [0.25, 0.3) is 0 Å².